The fourth-order valence-electron chi connectivity index (χ4n) is 2.01. The molecule has 18 heavy (non-hydrogen) atoms. The van der Waals surface area contributed by atoms with Gasteiger partial charge in [-0.1, -0.05) is 58.9 Å². The van der Waals surface area contributed by atoms with E-state index < -0.39 is 0 Å². The van der Waals surface area contributed by atoms with Crippen LogP contribution >= 0.6 is 0 Å². The Morgan fingerprint density at radius 3 is 1.39 bits per heavy atom. The van der Waals surface area contributed by atoms with Crippen LogP contribution in [0.5, 0.6) is 0 Å². The molecule has 106 valence electrons. The van der Waals surface area contributed by atoms with Crippen LogP contribution in [-0.2, 0) is 0 Å². The molecule has 0 aliphatic carbocycles. The first-order valence-electron chi connectivity index (χ1n) is 6.20. The zero-order chi connectivity index (χ0) is 13.9. The third kappa shape index (κ3) is 3.13. The summed E-state index contributed by atoms with van der Waals surface area (Å²) in [6.07, 6.45) is 3.74. The van der Waals surface area contributed by atoms with E-state index >= 15 is 0 Å². The quantitative estimate of drug-likeness (QED) is 0.260. The molecule has 0 aromatic heterocycles. The van der Waals surface area contributed by atoms with Crippen LogP contribution in [0.25, 0.3) is 0 Å². The Morgan fingerprint density at radius 2 is 1.28 bits per heavy atom. The van der Waals surface area contributed by atoms with Crippen LogP contribution < -0.4 is 0 Å². The first kappa shape index (κ1) is 19.5. The van der Waals surface area contributed by atoms with E-state index in [0.29, 0.717) is 11.8 Å². The third-order valence-corrected chi connectivity index (χ3v) is 4.37. The summed E-state index contributed by atoms with van der Waals surface area (Å²) in [6.45, 7) is 20.4. The molecule has 0 saturated carbocycles. The second-order valence-electron chi connectivity index (χ2n) is 5.73. The van der Waals surface area contributed by atoms with Gasteiger partial charge in [-0.15, -0.1) is 13.2 Å². The predicted octanol–water partition coefficient (Wildman–Crippen LogP) is 3.06. The SMILES string of the molecule is C=CC(C)(C(=NO)C(C)(C=C)C(C)C)C(C)C.[SiH4]. The van der Waals surface area contributed by atoms with Crippen molar-refractivity contribution in [2.75, 3.05) is 0 Å². The van der Waals surface area contributed by atoms with Gasteiger partial charge in [-0.2, -0.15) is 0 Å². The molecule has 2 unspecified atom stereocenters. The molecular formula is C15H31NOSi. The molecule has 0 aromatic rings. The van der Waals surface area contributed by atoms with Gasteiger partial charge in [-0.05, 0) is 22.8 Å². The smallest absolute Gasteiger partial charge is 0.0768 e. The number of rotatable bonds is 6. The monoisotopic (exact) mass is 269 g/mol. The van der Waals surface area contributed by atoms with Gasteiger partial charge in [0.15, 0.2) is 0 Å². The molecule has 0 spiro atoms. The molecule has 0 fully saturated rings. The van der Waals surface area contributed by atoms with Gasteiger partial charge >= 0.3 is 0 Å². The van der Waals surface area contributed by atoms with Crippen molar-refractivity contribution in [2.45, 2.75) is 41.5 Å². The first-order valence-corrected chi connectivity index (χ1v) is 6.20. The summed E-state index contributed by atoms with van der Waals surface area (Å²) in [6, 6.07) is 0. The molecule has 0 aliphatic rings. The molecule has 0 aliphatic heterocycles. The largest absolute Gasteiger partial charge is 0.411 e. The van der Waals surface area contributed by atoms with Gasteiger partial charge in [0.25, 0.3) is 0 Å². The highest BCUT2D eigenvalue weighted by Crippen LogP contribution is 2.42. The normalized spacial score (nSPS) is 17.3. The molecule has 2 nitrogen and oxygen atoms in total. The van der Waals surface area contributed by atoms with E-state index in [1.165, 1.54) is 0 Å². The van der Waals surface area contributed by atoms with Crippen LogP contribution in [0.15, 0.2) is 30.5 Å². The van der Waals surface area contributed by atoms with Crippen molar-refractivity contribution in [1.82, 2.24) is 0 Å². The average Bonchev–Trinajstić information content (AvgIpc) is 2.28. The average molecular weight is 270 g/mol. The Labute approximate surface area is 117 Å². The summed E-state index contributed by atoms with van der Waals surface area (Å²) in [7, 11) is 0. The van der Waals surface area contributed by atoms with E-state index in [0.717, 1.165) is 5.71 Å². The maximum absolute atomic E-state index is 9.45. The number of oxime groups is 1. The molecule has 2 atom stereocenters. The summed E-state index contributed by atoms with van der Waals surface area (Å²) in [5, 5.41) is 13.0. The van der Waals surface area contributed by atoms with Crippen LogP contribution in [0.3, 0.4) is 0 Å². The molecule has 3 heteroatoms. The Kier molecular flexibility index (Phi) is 7.51. The Hall–Kier alpha value is -0.833. The van der Waals surface area contributed by atoms with Crippen molar-refractivity contribution in [3.8, 4) is 0 Å². The zero-order valence-corrected chi connectivity index (χ0v) is 12.1. The molecule has 0 aromatic carbocycles. The van der Waals surface area contributed by atoms with Crippen LogP contribution in [-0.4, -0.2) is 21.9 Å². The van der Waals surface area contributed by atoms with Crippen molar-refractivity contribution < 1.29 is 5.21 Å². The zero-order valence-electron chi connectivity index (χ0n) is 12.1. The standard InChI is InChI=1S/C15H27NO.H4Si/c1-9-14(7,11(3)4)13(16-17)15(8,10-2)12(5)6;/h9-12,17H,1-2H2,3-8H3;1H4. The van der Waals surface area contributed by atoms with E-state index in [1.807, 2.05) is 12.2 Å². The van der Waals surface area contributed by atoms with Crippen LogP contribution in [0.1, 0.15) is 41.5 Å². The minimum Gasteiger partial charge on any atom is -0.411 e. The maximum atomic E-state index is 9.45. The van der Waals surface area contributed by atoms with Crippen LogP contribution in [0.2, 0.25) is 0 Å². The molecule has 0 saturated heterocycles. The molecule has 0 heterocycles. The van der Waals surface area contributed by atoms with Gasteiger partial charge in [-0.3, -0.25) is 0 Å². The van der Waals surface area contributed by atoms with Gasteiger partial charge in [0.1, 0.15) is 0 Å². The Morgan fingerprint density at radius 1 is 1.00 bits per heavy atom. The lowest BCUT2D eigenvalue weighted by Gasteiger charge is -2.42. The van der Waals surface area contributed by atoms with Crippen LogP contribution in [0, 0.1) is 22.7 Å². The van der Waals surface area contributed by atoms with Gasteiger partial charge in [0, 0.05) is 10.8 Å². The van der Waals surface area contributed by atoms with Crippen LogP contribution in [0.4, 0.5) is 0 Å². The highest BCUT2D eigenvalue weighted by molar-refractivity contribution is 5.97. The molecule has 1 N–H and O–H groups in total. The van der Waals surface area contributed by atoms with E-state index in [9.17, 15) is 5.21 Å². The maximum Gasteiger partial charge on any atom is 0.0768 e. The third-order valence-electron chi connectivity index (χ3n) is 4.37. The van der Waals surface area contributed by atoms with Crippen molar-refractivity contribution >= 4 is 16.7 Å². The van der Waals surface area contributed by atoms with Gasteiger partial charge in [0.2, 0.25) is 0 Å². The van der Waals surface area contributed by atoms with Crippen molar-refractivity contribution in [2.24, 2.45) is 27.8 Å². The van der Waals surface area contributed by atoms with E-state index in [4.69, 9.17) is 0 Å². The summed E-state index contributed by atoms with van der Waals surface area (Å²) < 4.78 is 0. The van der Waals surface area contributed by atoms with Crippen molar-refractivity contribution in [3.63, 3.8) is 0 Å². The highest BCUT2D eigenvalue weighted by Gasteiger charge is 2.43. The van der Waals surface area contributed by atoms with Crippen molar-refractivity contribution in [3.05, 3.63) is 25.3 Å². The van der Waals surface area contributed by atoms with E-state index in [2.05, 4.69) is 59.9 Å². The van der Waals surface area contributed by atoms with E-state index in [-0.39, 0.29) is 21.8 Å². The molecular weight excluding hydrogens is 238 g/mol. The molecule has 0 bridgehead atoms. The first-order chi connectivity index (χ1) is 7.70. The Bertz CT molecular complexity index is 294. The summed E-state index contributed by atoms with van der Waals surface area (Å²) in [5.41, 5.74) is 0.0733. The lowest BCUT2D eigenvalue weighted by atomic mass is 9.62. The predicted molar refractivity (Wildman–Crippen MR) is 86.8 cm³/mol. The fraction of sp³-hybridized carbons (Fsp3) is 0.667. The number of hydrogen-bond donors (Lipinski definition) is 1. The minimum atomic E-state index is -0.331. The minimum absolute atomic E-state index is 0. The molecule has 0 amide bonds. The van der Waals surface area contributed by atoms with E-state index in [1.54, 1.807) is 0 Å². The number of allylic oxidation sites excluding steroid dienone is 2. The van der Waals surface area contributed by atoms with Crippen molar-refractivity contribution in [1.29, 1.82) is 0 Å². The second-order valence-corrected chi connectivity index (χ2v) is 5.73. The van der Waals surface area contributed by atoms with Gasteiger partial charge in [0.05, 0.1) is 5.71 Å². The number of nitrogens with zero attached hydrogens (tertiary/aromatic N) is 1. The summed E-state index contributed by atoms with van der Waals surface area (Å²) in [4.78, 5) is 0. The Balaban J connectivity index is 0. The lowest BCUT2D eigenvalue weighted by Crippen LogP contribution is -2.44. The van der Waals surface area contributed by atoms with Gasteiger partial charge < -0.3 is 5.21 Å². The summed E-state index contributed by atoms with van der Waals surface area (Å²) >= 11 is 0. The van der Waals surface area contributed by atoms with Gasteiger partial charge in [-0.25, -0.2) is 0 Å². The highest BCUT2D eigenvalue weighted by atomic mass is 28.1. The molecule has 0 rings (SSSR count). The summed E-state index contributed by atoms with van der Waals surface area (Å²) in [5.74, 6) is 0.618. The molecule has 0 radical (unpaired) electrons. The fourth-order valence-corrected chi connectivity index (χ4v) is 2.01. The second kappa shape index (κ2) is 6.93. The topological polar surface area (TPSA) is 32.6 Å². The lowest BCUT2D eigenvalue weighted by molar-refractivity contribution is 0.271. The number of hydrogen-bond acceptors (Lipinski definition) is 2.